The third-order valence-electron chi connectivity index (χ3n) is 1.97. The first-order chi connectivity index (χ1) is 7.65. The summed E-state index contributed by atoms with van der Waals surface area (Å²) in [6.07, 6.45) is 3.10. The Morgan fingerprint density at radius 1 is 1.56 bits per heavy atom. The lowest BCUT2D eigenvalue weighted by Gasteiger charge is -2.08. The largest absolute Gasteiger partial charge is 0.494 e. The Bertz CT molecular complexity index is 371. The first-order valence-corrected chi connectivity index (χ1v) is 7.04. The van der Waals surface area contributed by atoms with E-state index >= 15 is 0 Å². The van der Waals surface area contributed by atoms with Crippen LogP contribution in [0.5, 0.6) is 5.75 Å². The molecule has 0 heterocycles. The lowest BCUT2D eigenvalue weighted by Crippen LogP contribution is -2.10. The first kappa shape index (κ1) is 13.6. The number of thioether (sulfide) groups is 1. The topological polar surface area (TPSA) is 35.2 Å². The maximum atomic E-state index is 6.01. The van der Waals surface area contributed by atoms with Crippen LogP contribution in [0, 0.1) is 0 Å². The second-order valence-electron chi connectivity index (χ2n) is 3.20. The molecule has 0 aliphatic carbocycles. The van der Waals surface area contributed by atoms with Crippen LogP contribution < -0.4 is 10.5 Å². The molecule has 1 aromatic rings. The number of hydrogen-bond donors (Lipinski definition) is 1. The molecule has 0 atom stereocenters. The molecular weight excluding hydrogens is 262 g/mol. The van der Waals surface area contributed by atoms with Gasteiger partial charge in [0.25, 0.3) is 0 Å². The molecule has 0 spiro atoms. The van der Waals surface area contributed by atoms with Gasteiger partial charge in [0.05, 0.1) is 11.6 Å². The van der Waals surface area contributed by atoms with Gasteiger partial charge in [0.2, 0.25) is 0 Å². The molecule has 2 nitrogen and oxygen atoms in total. The predicted octanol–water partition coefficient (Wildman–Crippen LogP) is 3.11. The van der Waals surface area contributed by atoms with Crippen LogP contribution in [-0.4, -0.2) is 23.6 Å². The van der Waals surface area contributed by atoms with Crippen LogP contribution in [0.1, 0.15) is 12.0 Å². The summed E-state index contributed by atoms with van der Waals surface area (Å²) in [6, 6.07) is 5.36. The molecule has 2 N–H and O–H groups in total. The number of nitrogens with two attached hydrogens (primary N) is 1. The van der Waals surface area contributed by atoms with Crippen molar-refractivity contribution in [3.05, 3.63) is 28.8 Å². The van der Waals surface area contributed by atoms with Crippen LogP contribution in [0.3, 0.4) is 0 Å². The minimum atomic E-state index is 0.305. The summed E-state index contributed by atoms with van der Waals surface area (Å²) >= 11 is 12.7. The summed E-state index contributed by atoms with van der Waals surface area (Å²) in [5.74, 6) is 1.85. The molecule has 0 fully saturated rings. The van der Waals surface area contributed by atoms with Crippen LogP contribution in [0.2, 0.25) is 5.02 Å². The Balaban J connectivity index is 2.56. The van der Waals surface area contributed by atoms with Crippen molar-refractivity contribution in [1.29, 1.82) is 0 Å². The molecule has 0 bridgehead atoms. The maximum Gasteiger partial charge on any atom is 0.120 e. The molecule has 0 radical (unpaired) electrons. The van der Waals surface area contributed by atoms with Crippen molar-refractivity contribution in [3.63, 3.8) is 0 Å². The lowest BCUT2D eigenvalue weighted by molar-refractivity contribution is 0.319. The molecule has 16 heavy (non-hydrogen) atoms. The maximum absolute atomic E-state index is 6.01. The zero-order chi connectivity index (χ0) is 12.0. The molecule has 5 heteroatoms. The molecule has 0 aliphatic heterocycles. The molecule has 0 aromatic heterocycles. The van der Waals surface area contributed by atoms with Gasteiger partial charge < -0.3 is 10.5 Å². The van der Waals surface area contributed by atoms with E-state index in [2.05, 4.69) is 6.26 Å². The van der Waals surface area contributed by atoms with Crippen molar-refractivity contribution in [3.8, 4) is 5.75 Å². The minimum Gasteiger partial charge on any atom is -0.494 e. The monoisotopic (exact) mass is 275 g/mol. The fourth-order valence-electron chi connectivity index (χ4n) is 1.18. The van der Waals surface area contributed by atoms with E-state index in [0.29, 0.717) is 22.2 Å². The zero-order valence-electron chi connectivity index (χ0n) is 9.03. The molecule has 0 saturated carbocycles. The van der Waals surface area contributed by atoms with Crippen molar-refractivity contribution in [2.24, 2.45) is 5.73 Å². The van der Waals surface area contributed by atoms with Crippen LogP contribution >= 0.6 is 35.6 Å². The quantitative estimate of drug-likeness (QED) is 0.639. The van der Waals surface area contributed by atoms with Crippen LogP contribution in [0.25, 0.3) is 0 Å². The minimum absolute atomic E-state index is 0.305. The van der Waals surface area contributed by atoms with Crippen molar-refractivity contribution in [1.82, 2.24) is 0 Å². The molecular formula is C11H14ClNOS2. The number of thiocarbonyl (C=S) groups is 1. The van der Waals surface area contributed by atoms with E-state index < -0.39 is 0 Å². The molecule has 1 rings (SSSR count). The van der Waals surface area contributed by atoms with E-state index in [1.165, 1.54) is 0 Å². The van der Waals surface area contributed by atoms with Crippen molar-refractivity contribution >= 4 is 40.6 Å². The zero-order valence-corrected chi connectivity index (χ0v) is 11.4. The Labute approximate surface area is 110 Å². The molecule has 0 saturated heterocycles. The summed E-state index contributed by atoms with van der Waals surface area (Å²) in [5.41, 5.74) is 6.20. The average molecular weight is 276 g/mol. The van der Waals surface area contributed by atoms with E-state index in [4.69, 9.17) is 34.3 Å². The third-order valence-corrected chi connectivity index (χ3v) is 3.20. The van der Waals surface area contributed by atoms with E-state index in [0.717, 1.165) is 17.9 Å². The number of hydrogen-bond acceptors (Lipinski definition) is 3. The molecule has 1 aromatic carbocycles. The molecule has 0 unspecified atom stereocenters. The van der Waals surface area contributed by atoms with E-state index in [-0.39, 0.29) is 0 Å². The van der Waals surface area contributed by atoms with Gasteiger partial charge in [-0.2, -0.15) is 11.8 Å². The normalized spacial score (nSPS) is 10.1. The van der Waals surface area contributed by atoms with Gasteiger partial charge in [-0.25, -0.2) is 0 Å². The Morgan fingerprint density at radius 3 is 2.88 bits per heavy atom. The smallest absolute Gasteiger partial charge is 0.120 e. The van der Waals surface area contributed by atoms with E-state index in [9.17, 15) is 0 Å². The fraction of sp³-hybridized carbons (Fsp3) is 0.364. The van der Waals surface area contributed by atoms with Crippen molar-refractivity contribution in [2.45, 2.75) is 6.42 Å². The Hall–Kier alpha value is -0.450. The second kappa shape index (κ2) is 6.99. The van der Waals surface area contributed by atoms with Gasteiger partial charge >= 0.3 is 0 Å². The van der Waals surface area contributed by atoms with E-state index in [1.54, 1.807) is 23.9 Å². The van der Waals surface area contributed by atoms with Gasteiger partial charge in [-0.15, -0.1) is 0 Å². The SMILES string of the molecule is CSCCCOc1ccc(C(N)=S)c(Cl)c1. The standard InChI is InChI=1S/C11H14ClNOS2/c1-16-6-2-5-14-8-3-4-9(11(13)15)10(12)7-8/h3-4,7H,2,5-6H2,1H3,(H2,13,15). The van der Waals surface area contributed by atoms with Gasteiger partial charge in [-0.05, 0) is 36.6 Å². The summed E-state index contributed by atoms with van der Waals surface area (Å²) in [4.78, 5) is 0.305. The highest BCUT2D eigenvalue weighted by Gasteiger charge is 2.04. The van der Waals surface area contributed by atoms with E-state index in [1.807, 2.05) is 6.07 Å². The summed E-state index contributed by atoms with van der Waals surface area (Å²) in [6.45, 7) is 0.698. The first-order valence-electron chi connectivity index (χ1n) is 4.86. The Kier molecular flexibility index (Phi) is 5.95. The van der Waals surface area contributed by atoms with Gasteiger partial charge in [0.15, 0.2) is 0 Å². The number of halogens is 1. The average Bonchev–Trinajstić information content (AvgIpc) is 2.24. The second-order valence-corrected chi connectivity index (χ2v) is 5.03. The molecule has 88 valence electrons. The van der Waals surface area contributed by atoms with Gasteiger partial charge in [-0.3, -0.25) is 0 Å². The molecule has 0 amide bonds. The summed E-state index contributed by atoms with van der Waals surface area (Å²) < 4.78 is 5.54. The van der Waals surface area contributed by atoms with Crippen LogP contribution in [0.4, 0.5) is 0 Å². The van der Waals surface area contributed by atoms with Gasteiger partial charge in [-0.1, -0.05) is 23.8 Å². The highest BCUT2D eigenvalue weighted by atomic mass is 35.5. The number of rotatable bonds is 6. The summed E-state index contributed by atoms with van der Waals surface area (Å²) in [5, 5.41) is 0.537. The highest BCUT2D eigenvalue weighted by molar-refractivity contribution is 7.98. The van der Waals surface area contributed by atoms with Gasteiger partial charge in [0, 0.05) is 5.56 Å². The Morgan fingerprint density at radius 2 is 2.31 bits per heavy atom. The van der Waals surface area contributed by atoms with Crippen molar-refractivity contribution < 1.29 is 4.74 Å². The number of benzene rings is 1. The van der Waals surface area contributed by atoms with Gasteiger partial charge in [0.1, 0.15) is 10.7 Å². The van der Waals surface area contributed by atoms with Crippen LogP contribution in [0.15, 0.2) is 18.2 Å². The fourth-order valence-corrected chi connectivity index (χ4v) is 2.09. The number of ether oxygens (including phenoxy) is 1. The summed E-state index contributed by atoms with van der Waals surface area (Å²) in [7, 11) is 0. The third kappa shape index (κ3) is 4.20. The highest BCUT2D eigenvalue weighted by Crippen LogP contribution is 2.22. The van der Waals surface area contributed by atoms with Crippen LogP contribution in [-0.2, 0) is 0 Å². The lowest BCUT2D eigenvalue weighted by atomic mass is 10.2. The predicted molar refractivity (Wildman–Crippen MR) is 75.8 cm³/mol. The van der Waals surface area contributed by atoms with Crippen molar-refractivity contribution in [2.75, 3.05) is 18.6 Å². The molecule has 0 aliphatic rings.